The van der Waals surface area contributed by atoms with E-state index >= 15 is 0 Å². The van der Waals surface area contributed by atoms with Crippen molar-refractivity contribution in [1.82, 2.24) is 4.57 Å². The molecule has 0 radical (unpaired) electrons. The van der Waals surface area contributed by atoms with E-state index in [9.17, 15) is 0 Å². The first-order chi connectivity index (χ1) is 30.8. The fourth-order valence-electron chi connectivity index (χ4n) is 12.1. The zero-order valence-electron chi connectivity index (χ0n) is 37.6. The number of hydrogen-bond donors (Lipinski definition) is 0. The van der Waals surface area contributed by atoms with Gasteiger partial charge in [-0.3, -0.25) is 0 Å². The lowest BCUT2D eigenvalue weighted by atomic mass is 9.43. The Labute approximate surface area is 382 Å². The Kier molecular flexibility index (Phi) is 7.07. The van der Waals surface area contributed by atoms with E-state index in [1.807, 2.05) is 22.7 Å². The Bertz CT molecular complexity index is 3900. The number of rotatable bonds is 1. The molecule has 2 nitrogen and oxygen atoms in total. The molecule has 64 heavy (non-hydrogen) atoms. The van der Waals surface area contributed by atoms with E-state index < -0.39 is 0 Å². The molecule has 0 fully saturated rings. The molecule has 5 heteroatoms. The van der Waals surface area contributed by atoms with Gasteiger partial charge in [0.15, 0.2) is 0 Å². The van der Waals surface area contributed by atoms with Crippen LogP contribution < -0.4 is 15.7 Å². The maximum Gasteiger partial charge on any atom is 0.333 e. The van der Waals surface area contributed by atoms with Gasteiger partial charge >= 0.3 is 6.85 Å². The molecule has 0 saturated carbocycles. The van der Waals surface area contributed by atoms with Crippen molar-refractivity contribution < 1.29 is 0 Å². The average molecular weight is 859 g/mol. The Morgan fingerprint density at radius 3 is 1.97 bits per heavy atom. The van der Waals surface area contributed by atoms with Crippen LogP contribution >= 0.6 is 22.7 Å². The summed E-state index contributed by atoms with van der Waals surface area (Å²) in [5.41, 5.74) is 20.1. The molecule has 3 aliphatic rings. The van der Waals surface area contributed by atoms with Gasteiger partial charge in [0.1, 0.15) is 0 Å². The molecule has 0 atom stereocenters. The summed E-state index contributed by atoms with van der Waals surface area (Å²) < 4.78 is 8.10. The fraction of sp³-hybridized carbons (Fsp3) is 0.186. The van der Waals surface area contributed by atoms with Crippen molar-refractivity contribution in [2.75, 3.05) is 4.81 Å². The molecule has 0 unspecified atom stereocenters. The normalized spacial score (nSPS) is 14.9. The Hall–Kier alpha value is -6.14. The molecule has 8 aromatic carbocycles. The van der Waals surface area contributed by atoms with Gasteiger partial charge < -0.3 is 9.38 Å². The predicted molar refractivity (Wildman–Crippen MR) is 281 cm³/mol. The molecular formula is C59H47BN2S2. The molecule has 0 N–H and O–H groups in total. The third-order valence-corrected chi connectivity index (χ3v) is 17.6. The van der Waals surface area contributed by atoms with E-state index in [-0.39, 0.29) is 23.1 Å². The van der Waals surface area contributed by atoms with E-state index in [4.69, 9.17) is 0 Å². The van der Waals surface area contributed by atoms with E-state index in [1.54, 1.807) is 0 Å². The summed E-state index contributed by atoms with van der Waals surface area (Å²) in [5.74, 6) is 0. The van der Waals surface area contributed by atoms with Crippen LogP contribution in [0.3, 0.4) is 0 Å². The summed E-state index contributed by atoms with van der Waals surface area (Å²) in [6, 6.07) is 54.6. The molecule has 5 heterocycles. The quantitative estimate of drug-likeness (QED) is 0.149. The first kappa shape index (κ1) is 37.3. The fourth-order valence-corrected chi connectivity index (χ4v) is 14.5. The lowest BCUT2D eigenvalue weighted by Gasteiger charge is -2.43. The number of benzene rings is 8. The summed E-state index contributed by atoms with van der Waals surface area (Å²) in [6.07, 6.45) is 0. The van der Waals surface area contributed by atoms with Gasteiger partial charge in [-0.25, -0.2) is 0 Å². The highest BCUT2D eigenvalue weighted by Gasteiger charge is 2.47. The summed E-state index contributed by atoms with van der Waals surface area (Å²) in [6.45, 7) is 18.8. The van der Waals surface area contributed by atoms with Crippen molar-refractivity contribution in [3.63, 3.8) is 0 Å². The highest BCUT2D eigenvalue weighted by Crippen LogP contribution is 2.57. The van der Waals surface area contributed by atoms with E-state index in [1.165, 1.54) is 135 Å². The van der Waals surface area contributed by atoms with E-state index in [0.717, 1.165) is 0 Å². The third-order valence-electron chi connectivity index (χ3n) is 15.3. The number of fused-ring (bicyclic) bond motifs is 19. The van der Waals surface area contributed by atoms with Gasteiger partial charge in [-0.2, -0.15) is 0 Å². The molecule has 1 aliphatic carbocycles. The largest absolute Gasteiger partial charge is 0.376 e. The minimum atomic E-state index is -0.148. The highest BCUT2D eigenvalue weighted by atomic mass is 32.1. The Morgan fingerprint density at radius 1 is 0.516 bits per heavy atom. The molecule has 2 aliphatic heterocycles. The Balaban J connectivity index is 1.23. The maximum atomic E-state index is 2.75. The van der Waals surface area contributed by atoms with Crippen molar-refractivity contribution in [3.8, 4) is 27.9 Å². The van der Waals surface area contributed by atoms with Crippen LogP contribution in [0.5, 0.6) is 0 Å². The number of hydrogen-bond acceptors (Lipinski definition) is 3. The topological polar surface area (TPSA) is 8.17 Å². The van der Waals surface area contributed by atoms with Crippen molar-refractivity contribution >= 4 is 114 Å². The van der Waals surface area contributed by atoms with Crippen LogP contribution in [0.4, 0.5) is 11.4 Å². The first-order valence-corrected chi connectivity index (χ1v) is 24.5. The van der Waals surface area contributed by atoms with Gasteiger partial charge in [0.05, 0.1) is 11.0 Å². The van der Waals surface area contributed by atoms with Crippen molar-refractivity contribution in [3.05, 3.63) is 162 Å². The second-order valence-corrected chi connectivity index (χ2v) is 23.4. The third kappa shape index (κ3) is 4.66. The molecule has 0 spiro atoms. The predicted octanol–water partition coefficient (Wildman–Crippen LogP) is 15.7. The van der Waals surface area contributed by atoms with Crippen molar-refractivity contribution in [1.29, 1.82) is 0 Å². The average Bonchev–Trinajstić information content (AvgIpc) is 4.01. The maximum absolute atomic E-state index is 2.75. The zero-order valence-corrected chi connectivity index (χ0v) is 39.2. The van der Waals surface area contributed by atoms with E-state index in [0.29, 0.717) is 0 Å². The van der Waals surface area contributed by atoms with Gasteiger partial charge in [-0.05, 0) is 115 Å². The monoisotopic (exact) mass is 858 g/mol. The molecular weight excluding hydrogens is 812 g/mol. The Morgan fingerprint density at radius 2 is 1.20 bits per heavy atom. The van der Waals surface area contributed by atoms with Crippen molar-refractivity contribution in [2.45, 2.75) is 71.6 Å². The SMILES string of the molecule is CC(C)(C)c1ccc(N2B3c4cc5c(cc4-n4c6ccc(C(C)(C)C)cc6c6c7sc8ccccc8c7c(c3c64)-c3cc4c(cc32)-c2ccccc2C4(C)C)sc2ccccc25)cc1. The summed E-state index contributed by atoms with van der Waals surface area (Å²) in [4.78, 5) is 2.75. The molecule has 0 saturated heterocycles. The molecule has 0 bridgehead atoms. The minimum absolute atomic E-state index is 0.000321. The molecule has 14 rings (SSSR count). The summed E-state index contributed by atoms with van der Waals surface area (Å²) >= 11 is 3.91. The number of anilines is 2. The zero-order chi connectivity index (χ0) is 43.3. The van der Waals surface area contributed by atoms with Crippen LogP contribution in [0.2, 0.25) is 0 Å². The summed E-state index contributed by atoms with van der Waals surface area (Å²) in [7, 11) is 0. The first-order valence-electron chi connectivity index (χ1n) is 22.9. The van der Waals surface area contributed by atoms with Crippen LogP contribution in [-0.2, 0) is 16.2 Å². The number of nitrogens with zero attached hydrogens (tertiary/aromatic N) is 2. The molecule has 3 aromatic heterocycles. The van der Waals surface area contributed by atoms with Crippen LogP contribution in [-0.4, -0.2) is 11.4 Å². The second kappa shape index (κ2) is 12.1. The van der Waals surface area contributed by atoms with Crippen LogP contribution in [0, 0.1) is 0 Å². The van der Waals surface area contributed by atoms with Gasteiger partial charge in [-0.15, -0.1) is 22.7 Å². The lowest BCUT2D eigenvalue weighted by Crippen LogP contribution is -2.60. The minimum Gasteiger partial charge on any atom is -0.376 e. The number of aromatic nitrogens is 1. The van der Waals surface area contributed by atoms with Crippen LogP contribution in [0.15, 0.2) is 140 Å². The molecule has 0 amide bonds. The van der Waals surface area contributed by atoms with Crippen LogP contribution in [0.1, 0.15) is 77.6 Å². The van der Waals surface area contributed by atoms with Crippen molar-refractivity contribution in [2.24, 2.45) is 0 Å². The van der Waals surface area contributed by atoms with Gasteiger partial charge in [0.2, 0.25) is 0 Å². The standard InChI is InChI=1S/C59H47BN2S2/c1-57(2,3)32-21-24-34(25-22-32)62-46-30-38-35-15-9-12-18-42(35)59(7,8)43(38)28-41(46)51-52-37-17-11-14-20-49(37)64-56(52)53-40-27-33(58(4,5)6)23-26-45(40)61-47-31-50-39(36-16-10-13-19-48(36)63-50)29-44(47)60(62)54(51)55(53)61/h9-31H,1-8H3. The second-order valence-electron chi connectivity index (χ2n) is 21.3. The highest BCUT2D eigenvalue weighted by molar-refractivity contribution is 7.27. The van der Waals surface area contributed by atoms with Crippen LogP contribution in [0.25, 0.3) is 90.1 Å². The molecule has 11 aromatic rings. The lowest BCUT2D eigenvalue weighted by molar-refractivity contribution is 0.590. The summed E-state index contributed by atoms with van der Waals surface area (Å²) in [5, 5.41) is 8.17. The van der Waals surface area contributed by atoms with Gasteiger partial charge in [0, 0.05) is 79.2 Å². The van der Waals surface area contributed by atoms with Gasteiger partial charge in [-0.1, -0.05) is 140 Å². The van der Waals surface area contributed by atoms with E-state index in [2.05, 4.69) is 204 Å². The smallest absolute Gasteiger partial charge is 0.333 e. The molecule has 308 valence electrons. The number of thiophene rings is 2. The van der Waals surface area contributed by atoms with Gasteiger partial charge in [0.25, 0.3) is 0 Å².